The smallest absolute Gasteiger partial charge is 0.345 e. The molecule has 0 heterocycles. The Kier molecular flexibility index (Phi) is 5.79. The molecule has 6 heteroatoms. The summed E-state index contributed by atoms with van der Waals surface area (Å²) in [6, 6.07) is 4.99. The van der Waals surface area contributed by atoms with Crippen molar-refractivity contribution in [1.29, 1.82) is 0 Å². The third kappa shape index (κ3) is 4.23. The summed E-state index contributed by atoms with van der Waals surface area (Å²) in [6.07, 6.45) is -0.886. The zero-order valence-electron chi connectivity index (χ0n) is 12.3. The van der Waals surface area contributed by atoms with Gasteiger partial charge in [-0.25, -0.2) is 4.79 Å². The van der Waals surface area contributed by atoms with Crippen LogP contribution >= 0.6 is 11.6 Å². The zero-order chi connectivity index (χ0) is 16.2. The minimum absolute atomic E-state index is 0.420. The van der Waals surface area contributed by atoms with E-state index in [2.05, 4.69) is 4.74 Å². The van der Waals surface area contributed by atoms with Gasteiger partial charge in [0.1, 0.15) is 11.3 Å². The molecule has 5 nitrogen and oxygen atoms in total. The van der Waals surface area contributed by atoms with Crippen molar-refractivity contribution in [3.8, 4) is 5.75 Å². The van der Waals surface area contributed by atoms with E-state index in [1.165, 1.54) is 13.8 Å². The van der Waals surface area contributed by atoms with Crippen LogP contribution in [-0.4, -0.2) is 30.1 Å². The largest absolute Gasteiger partial charge is 0.507 e. The van der Waals surface area contributed by atoms with E-state index in [1.807, 2.05) is 0 Å². The highest BCUT2D eigenvalue weighted by atomic mass is 35.5. The van der Waals surface area contributed by atoms with Gasteiger partial charge in [-0.3, -0.25) is 4.79 Å². The van der Waals surface area contributed by atoms with Gasteiger partial charge in [0.05, 0.1) is 7.11 Å². The molecule has 0 spiro atoms. The highest BCUT2D eigenvalue weighted by Crippen LogP contribution is 2.24. The lowest BCUT2D eigenvalue weighted by atomic mass is 10.1. The van der Waals surface area contributed by atoms with E-state index in [4.69, 9.17) is 16.3 Å². The average molecular weight is 313 g/mol. The van der Waals surface area contributed by atoms with Gasteiger partial charge in [-0.2, -0.15) is 0 Å². The summed E-state index contributed by atoms with van der Waals surface area (Å²) in [5.41, 5.74) is 0.348. The van der Waals surface area contributed by atoms with Crippen LogP contribution < -0.4 is 4.74 Å². The van der Waals surface area contributed by atoms with Crippen molar-refractivity contribution < 1.29 is 24.2 Å². The number of aryl methyl sites for hydroxylation is 1. The Morgan fingerprint density at radius 3 is 2.43 bits per heavy atom. The molecular formula is C15H17ClO5. The second-order valence-electron chi connectivity index (χ2n) is 4.48. The summed E-state index contributed by atoms with van der Waals surface area (Å²) in [4.78, 5) is 23.0. The van der Waals surface area contributed by atoms with E-state index >= 15 is 0 Å². The van der Waals surface area contributed by atoms with E-state index < -0.39 is 29.2 Å². The minimum atomic E-state index is -0.900. The second-order valence-corrected chi connectivity index (χ2v) is 4.91. The van der Waals surface area contributed by atoms with Gasteiger partial charge in [0.15, 0.2) is 17.6 Å². The molecule has 1 rings (SSSR count). The van der Waals surface area contributed by atoms with Crippen LogP contribution in [-0.2, 0) is 14.3 Å². The van der Waals surface area contributed by atoms with Crippen molar-refractivity contribution in [2.45, 2.75) is 26.9 Å². The Hall–Kier alpha value is -2.01. The number of carbonyl (C=O) groups excluding carboxylic acids is 2. The van der Waals surface area contributed by atoms with Crippen LogP contribution in [0, 0.1) is 6.92 Å². The number of hydrogen-bond donors (Lipinski definition) is 1. The molecule has 0 amide bonds. The molecule has 1 N–H and O–H groups in total. The van der Waals surface area contributed by atoms with Crippen LogP contribution in [0.2, 0.25) is 5.02 Å². The first-order chi connectivity index (χ1) is 9.77. The SMILES string of the molecule is COC(=O)C(C(C)=O)=C(O)C(C)Oc1ccc(Cl)cc1C. The number of aliphatic hydroxyl groups excluding tert-OH is 1. The van der Waals surface area contributed by atoms with E-state index in [0.717, 1.165) is 12.7 Å². The van der Waals surface area contributed by atoms with Gasteiger partial charge in [-0.15, -0.1) is 0 Å². The van der Waals surface area contributed by atoms with Gasteiger partial charge in [0, 0.05) is 5.02 Å². The number of benzene rings is 1. The Balaban J connectivity index is 3.08. The van der Waals surface area contributed by atoms with E-state index in [9.17, 15) is 14.7 Å². The Morgan fingerprint density at radius 1 is 1.33 bits per heavy atom. The van der Waals surface area contributed by atoms with Crippen molar-refractivity contribution in [3.05, 3.63) is 40.1 Å². The molecule has 21 heavy (non-hydrogen) atoms. The number of Topliss-reactive ketones (excluding diaryl/α,β-unsaturated/α-hetero) is 1. The lowest BCUT2D eigenvalue weighted by Crippen LogP contribution is -2.23. The fourth-order valence-electron chi connectivity index (χ4n) is 1.73. The molecule has 0 saturated carbocycles. The normalized spacial score (nSPS) is 13.2. The molecule has 0 saturated heterocycles. The van der Waals surface area contributed by atoms with Crippen LogP contribution in [0.4, 0.5) is 0 Å². The topological polar surface area (TPSA) is 72.8 Å². The Morgan fingerprint density at radius 2 is 1.95 bits per heavy atom. The predicted molar refractivity (Wildman–Crippen MR) is 78.6 cm³/mol. The molecule has 1 aromatic rings. The highest BCUT2D eigenvalue weighted by Gasteiger charge is 2.25. The van der Waals surface area contributed by atoms with Crippen molar-refractivity contribution in [2.24, 2.45) is 0 Å². The van der Waals surface area contributed by atoms with Crippen molar-refractivity contribution in [3.63, 3.8) is 0 Å². The van der Waals surface area contributed by atoms with E-state index in [-0.39, 0.29) is 0 Å². The van der Waals surface area contributed by atoms with Gasteiger partial charge in [-0.05, 0) is 44.5 Å². The molecule has 0 bridgehead atoms. The van der Waals surface area contributed by atoms with Crippen molar-refractivity contribution in [1.82, 2.24) is 0 Å². The van der Waals surface area contributed by atoms with Gasteiger partial charge in [0.25, 0.3) is 0 Å². The quantitative estimate of drug-likeness (QED) is 0.297. The molecule has 0 aromatic heterocycles. The maximum Gasteiger partial charge on any atom is 0.345 e. The van der Waals surface area contributed by atoms with Crippen LogP contribution in [0.25, 0.3) is 0 Å². The summed E-state index contributed by atoms with van der Waals surface area (Å²) >= 11 is 5.85. The standard InChI is InChI=1S/C15H17ClO5/c1-8-7-11(16)5-6-12(8)21-10(3)14(18)13(9(2)17)15(19)20-4/h5-7,10,18H,1-4H3. The monoisotopic (exact) mass is 312 g/mol. The van der Waals surface area contributed by atoms with Crippen LogP contribution in [0.3, 0.4) is 0 Å². The fraction of sp³-hybridized carbons (Fsp3) is 0.333. The summed E-state index contributed by atoms with van der Waals surface area (Å²) in [6.45, 7) is 4.49. The number of hydrogen-bond acceptors (Lipinski definition) is 5. The van der Waals surface area contributed by atoms with Gasteiger partial charge in [0.2, 0.25) is 0 Å². The zero-order valence-corrected chi connectivity index (χ0v) is 13.0. The third-order valence-corrected chi connectivity index (χ3v) is 3.06. The number of rotatable bonds is 5. The van der Waals surface area contributed by atoms with Gasteiger partial charge in [-0.1, -0.05) is 11.6 Å². The van der Waals surface area contributed by atoms with Crippen LogP contribution in [0.1, 0.15) is 19.4 Å². The molecule has 0 radical (unpaired) electrons. The average Bonchev–Trinajstić information content (AvgIpc) is 2.41. The number of aliphatic hydroxyl groups is 1. The first-order valence-electron chi connectivity index (χ1n) is 6.23. The maximum absolute atomic E-state index is 11.5. The van der Waals surface area contributed by atoms with E-state index in [1.54, 1.807) is 25.1 Å². The lowest BCUT2D eigenvalue weighted by molar-refractivity contribution is -0.138. The third-order valence-electron chi connectivity index (χ3n) is 2.82. The van der Waals surface area contributed by atoms with Gasteiger partial charge >= 0.3 is 5.97 Å². The Bertz CT molecular complexity index is 592. The highest BCUT2D eigenvalue weighted by molar-refractivity contribution is 6.30. The summed E-state index contributed by atoms with van der Waals surface area (Å²) in [7, 11) is 1.13. The molecular weight excluding hydrogens is 296 g/mol. The summed E-state index contributed by atoms with van der Waals surface area (Å²) in [5, 5.41) is 10.6. The fourth-order valence-corrected chi connectivity index (χ4v) is 1.95. The van der Waals surface area contributed by atoms with Crippen molar-refractivity contribution in [2.75, 3.05) is 7.11 Å². The molecule has 0 aliphatic carbocycles. The molecule has 1 unspecified atom stereocenters. The lowest BCUT2D eigenvalue weighted by Gasteiger charge is -2.17. The number of ether oxygens (including phenoxy) is 2. The number of carbonyl (C=O) groups is 2. The molecule has 0 aliphatic heterocycles. The maximum atomic E-state index is 11.5. The molecule has 1 aromatic carbocycles. The number of halogens is 1. The molecule has 1 atom stereocenters. The van der Waals surface area contributed by atoms with Crippen molar-refractivity contribution >= 4 is 23.4 Å². The number of ketones is 1. The molecule has 114 valence electrons. The first kappa shape index (κ1) is 17.0. The number of esters is 1. The summed E-state index contributed by atoms with van der Waals surface area (Å²) in [5.74, 6) is -1.47. The first-order valence-corrected chi connectivity index (χ1v) is 6.61. The molecule has 0 aliphatic rings. The molecule has 0 fully saturated rings. The second kappa shape index (κ2) is 7.13. The van der Waals surface area contributed by atoms with Gasteiger partial charge < -0.3 is 14.6 Å². The van der Waals surface area contributed by atoms with E-state index in [0.29, 0.717) is 10.8 Å². The summed E-state index contributed by atoms with van der Waals surface area (Å²) < 4.78 is 10.0. The van der Waals surface area contributed by atoms with Crippen LogP contribution in [0.5, 0.6) is 5.75 Å². The predicted octanol–water partition coefficient (Wildman–Crippen LogP) is 2.99. The Labute approximate surface area is 128 Å². The minimum Gasteiger partial charge on any atom is -0.507 e. The van der Waals surface area contributed by atoms with Crippen LogP contribution in [0.15, 0.2) is 29.5 Å². The number of methoxy groups -OCH3 is 1.